The molecule has 1 aliphatic heterocycles. The molecule has 28 heavy (non-hydrogen) atoms. The maximum Gasteiger partial charge on any atom is 0.410 e. The molecule has 1 amide bonds. The third kappa shape index (κ3) is 4.78. The van der Waals surface area contributed by atoms with Crippen LogP contribution >= 0.6 is 11.6 Å². The minimum Gasteiger partial charge on any atom is -0.444 e. The Morgan fingerprint density at radius 1 is 1.21 bits per heavy atom. The lowest BCUT2D eigenvalue weighted by Gasteiger charge is -2.37. The molecule has 2 heterocycles. The lowest BCUT2D eigenvalue weighted by atomic mass is 10.1. The van der Waals surface area contributed by atoms with E-state index in [-0.39, 0.29) is 17.2 Å². The van der Waals surface area contributed by atoms with Crippen LogP contribution in [0, 0.1) is 5.82 Å². The van der Waals surface area contributed by atoms with E-state index in [1.807, 2.05) is 25.7 Å². The summed E-state index contributed by atoms with van der Waals surface area (Å²) in [6.45, 7) is 10.8. The van der Waals surface area contributed by atoms with Crippen LogP contribution in [0.1, 0.15) is 20.8 Å². The van der Waals surface area contributed by atoms with Gasteiger partial charge in [0.1, 0.15) is 17.2 Å². The standard InChI is InChI=1S/C20H22ClFN4O2/c1-13-12-25(19(27)28-20(2,3)4)9-10-26(13)17-11-16(23-18(21)24-17)14-5-7-15(22)8-6-14/h5-8,11H,1,9-10,12H2,2-4H3. The minimum absolute atomic E-state index is 0.0826. The Kier molecular flexibility index (Phi) is 5.56. The summed E-state index contributed by atoms with van der Waals surface area (Å²) in [4.78, 5) is 24.3. The summed E-state index contributed by atoms with van der Waals surface area (Å²) in [5, 5.41) is 0.0826. The van der Waals surface area contributed by atoms with E-state index < -0.39 is 5.60 Å². The number of amides is 1. The molecule has 2 aromatic rings. The topological polar surface area (TPSA) is 58.6 Å². The van der Waals surface area contributed by atoms with Crippen molar-refractivity contribution in [2.24, 2.45) is 0 Å². The number of hydrogen-bond acceptors (Lipinski definition) is 5. The molecule has 0 unspecified atom stereocenters. The Morgan fingerprint density at radius 2 is 1.89 bits per heavy atom. The second-order valence-electron chi connectivity index (χ2n) is 7.51. The van der Waals surface area contributed by atoms with E-state index in [1.54, 1.807) is 23.1 Å². The van der Waals surface area contributed by atoms with E-state index in [0.717, 1.165) is 5.56 Å². The maximum absolute atomic E-state index is 13.2. The Balaban J connectivity index is 1.78. The highest BCUT2D eigenvalue weighted by Gasteiger charge is 2.28. The van der Waals surface area contributed by atoms with Gasteiger partial charge >= 0.3 is 6.09 Å². The van der Waals surface area contributed by atoms with Crippen molar-refractivity contribution in [2.75, 3.05) is 24.5 Å². The molecule has 0 radical (unpaired) electrons. The highest BCUT2D eigenvalue weighted by molar-refractivity contribution is 6.28. The van der Waals surface area contributed by atoms with E-state index in [9.17, 15) is 9.18 Å². The zero-order valence-corrected chi connectivity index (χ0v) is 16.8. The van der Waals surface area contributed by atoms with Gasteiger partial charge in [-0.15, -0.1) is 0 Å². The monoisotopic (exact) mass is 404 g/mol. The van der Waals surface area contributed by atoms with Crippen LogP contribution in [0.5, 0.6) is 0 Å². The van der Waals surface area contributed by atoms with E-state index in [4.69, 9.17) is 16.3 Å². The molecule has 8 heteroatoms. The molecule has 0 saturated carbocycles. The molecule has 3 rings (SSSR count). The summed E-state index contributed by atoms with van der Waals surface area (Å²) < 4.78 is 18.6. The first-order chi connectivity index (χ1) is 13.1. The van der Waals surface area contributed by atoms with Gasteiger partial charge in [-0.3, -0.25) is 0 Å². The largest absolute Gasteiger partial charge is 0.444 e. The molecule has 0 bridgehead atoms. The number of carbonyl (C=O) groups is 1. The first kappa shape index (κ1) is 20.1. The van der Waals surface area contributed by atoms with Crippen LogP contribution in [-0.2, 0) is 4.74 Å². The first-order valence-corrected chi connectivity index (χ1v) is 9.24. The van der Waals surface area contributed by atoms with E-state index in [1.165, 1.54) is 12.1 Å². The molecule has 0 N–H and O–H groups in total. The number of aromatic nitrogens is 2. The first-order valence-electron chi connectivity index (χ1n) is 8.86. The van der Waals surface area contributed by atoms with Crippen molar-refractivity contribution in [1.82, 2.24) is 14.9 Å². The molecule has 0 aliphatic carbocycles. The van der Waals surface area contributed by atoms with Crippen LogP contribution in [-0.4, -0.2) is 46.2 Å². The van der Waals surface area contributed by atoms with Crippen LogP contribution in [0.4, 0.5) is 15.0 Å². The van der Waals surface area contributed by atoms with Crippen LogP contribution < -0.4 is 4.90 Å². The number of rotatable bonds is 2. The Bertz CT molecular complexity index is 896. The van der Waals surface area contributed by atoms with Gasteiger partial charge in [0.2, 0.25) is 5.28 Å². The molecule has 0 atom stereocenters. The Hall–Kier alpha value is -2.67. The number of benzene rings is 1. The van der Waals surface area contributed by atoms with Crippen LogP contribution in [0.15, 0.2) is 42.6 Å². The molecule has 1 aromatic heterocycles. The lowest BCUT2D eigenvalue weighted by Crippen LogP contribution is -2.48. The van der Waals surface area contributed by atoms with Crippen molar-refractivity contribution < 1.29 is 13.9 Å². The van der Waals surface area contributed by atoms with Crippen molar-refractivity contribution in [3.63, 3.8) is 0 Å². The van der Waals surface area contributed by atoms with E-state index >= 15 is 0 Å². The predicted molar refractivity (Wildman–Crippen MR) is 107 cm³/mol. The summed E-state index contributed by atoms with van der Waals surface area (Å²) in [5.41, 5.74) is 1.44. The number of hydrogen-bond donors (Lipinski definition) is 0. The molecule has 1 fully saturated rings. The van der Waals surface area contributed by atoms with Gasteiger partial charge in [0, 0.05) is 30.4 Å². The average Bonchev–Trinajstić information content (AvgIpc) is 2.60. The highest BCUT2D eigenvalue weighted by Crippen LogP contribution is 2.27. The van der Waals surface area contributed by atoms with Gasteiger partial charge in [-0.05, 0) is 56.6 Å². The van der Waals surface area contributed by atoms with Gasteiger partial charge in [0.05, 0.1) is 12.2 Å². The fourth-order valence-corrected chi connectivity index (χ4v) is 3.01. The third-order valence-electron chi connectivity index (χ3n) is 4.10. The quantitative estimate of drug-likeness (QED) is 0.689. The van der Waals surface area contributed by atoms with Gasteiger partial charge in [-0.2, -0.15) is 0 Å². The summed E-state index contributed by atoms with van der Waals surface area (Å²) in [5.74, 6) is 0.254. The number of nitrogens with zero attached hydrogens (tertiary/aromatic N) is 4. The van der Waals surface area contributed by atoms with E-state index in [2.05, 4.69) is 16.5 Å². The lowest BCUT2D eigenvalue weighted by molar-refractivity contribution is 0.0257. The van der Waals surface area contributed by atoms with Crippen LogP contribution in [0.3, 0.4) is 0 Å². The zero-order valence-electron chi connectivity index (χ0n) is 16.1. The van der Waals surface area contributed by atoms with Crippen molar-refractivity contribution in [3.8, 4) is 11.3 Å². The van der Waals surface area contributed by atoms with Crippen molar-refractivity contribution in [3.05, 3.63) is 53.7 Å². The Morgan fingerprint density at radius 3 is 2.50 bits per heavy atom. The zero-order chi connectivity index (χ0) is 20.5. The van der Waals surface area contributed by atoms with Crippen LogP contribution in [0.25, 0.3) is 11.3 Å². The fraction of sp³-hybridized carbons (Fsp3) is 0.350. The average molecular weight is 405 g/mol. The molecule has 1 saturated heterocycles. The molecular weight excluding hydrogens is 383 g/mol. The highest BCUT2D eigenvalue weighted by atomic mass is 35.5. The predicted octanol–water partition coefficient (Wildman–Crippen LogP) is 4.51. The second-order valence-corrected chi connectivity index (χ2v) is 7.85. The van der Waals surface area contributed by atoms with Crippen molar-refractivity contribution >= 4 is 23.5 Å². The maximum atomic E-state index is 13.2. The SMILES string of the molecule is C=C1CN(C(=O)OC(C)(C)C)CCN1c1cc(-c2ccc(F)cc2)nc(Cl)n1. The molecule has 148 valence electrons. The van der Waals surface area contributed by atoms with Gasteiger partial charge < -0.3 is 14.5 Å². The van der Waals surface area contributed by atoms with Gasteiger partial charge in [-0.25, -0.2) is 19.2 Å². The number of anilines is 1. The fourth-order valence-electron chi connectivity index (χ4n) is 2.83. The van der Waals surface area contributed by atoms with Gasteiger partial charge in [0.15, 0.2) is 0 Å². The molecule has 6 nitrogen and oxygen atoms in total. The summed E-state index contributed by atoms with van der Waals surface area (Å²) in [6.07, 6.45) is -0.374. The minimum atomic E-state index is -0.556. The normalized spacial score (nSPS) is 15.0. The Labute approximate surface area is 168 Å². The summed E-state index contributed by atoms with van der Waals surface area (Å²) >= 11 is 6.11. The second kappa shape index (κ2) is 7.75. The van der Waals surface area contributed by atoms with Gasteiger partial charge in [0.25, 0.3) is 0 Å². The smallest absolute Gasteiger partial charge is 0.410 e. The van der Waals surface area contributed by atoms with Crippen molar-refractivity contribution in [1.29, 1.82) is 0 Å². The summed E-state index contributed by atoms with van der Waals surface area (Å²) in [7, 11) is 0. The molecule has 0 spiro atoms. The molecule has 1 aliphatic rings. The molecular formula is C20H22ClFN4O2. The number of piperazine rings is 1. The third-order valence-corrected chi connectivity index (χ3v) is 4.27. The van der Waals surface area contributed by atoms with E-state index in [0.29, 0.717) is 36.8 Å². The van der Waals surface area contributed by atoms with Crippen LogP contribution in [0.2, 0.25) is 5.28 Å². The summed E-state index contributed by atoms with van der Waals surface area (Å²) in [6, 6.07) is 7.76. The van der Waals surface area contributed by atoms with Crippen molar-refractivity contribution in [2.45, 2.75) is 26.4 Å². The number of carbonyl (C=O) groups excluding carboxylic acids is 1. The number of ether oxygens (including phenoxy) is 1. The molecule has 1 aromatic carbocycles. The number of halogens is 2. The van der Waals surface area contributed by atoms with Gasteiger partial charge in [-0.1, -0.05) is 6.58 Å².